The number of methoxy groups -OCH3 is 1. The molecule has 0 N–H and O–H groups in total. The van der Waals surface area contributed by atoms with Crippen molar-refractivity contribution in [2.24, 2.45) is 0 Å². The lowest BCUT2D eigenvalue weighted by atomic mass is 10.3. The second kappa shape index (κ2) is 4.99. The highest BCUT2D eigenvalue weighted by molar-refractivity contribution is 9.10. The van der Waals surface area contributed by atoms with E-state index in [0.717, 1.165) is 16.0 Å². The van der Waals surface area contributed by atoms with Crippen LogP contribution in [0, 0.1) is 0 Å². The maximum atomic E-state index is 5.60. The summed E-state index contributed by atoms with van der Waals surface area (Å²) < 4.78 is 11.5. The van der Waals surface area contributed by atoms with Gasteiger partial charge in [-0.05, 0) is 52.3 Å². The van der Waals surface area contributed by atoms with E-state index in [9.17, 15) is 0 Å². The number of ether oxygens (including phenoxy) is 2. The van der Waals surface area contributed by atoms with Crippen LogP contribution in [0.15, 0.2) is 47.1 Å². The third-order valence-electron chi connectivity index (χ3n) is 2.00. The molecule has 0 fully saturated rings. The predicted molar refractivity (Wildman–Crippen MR) is 65.0 cm³/mol. The van der Waals surface area contributed by atoms with Gasteiger partial charge < -0.3 is 9.47 Å². The number of hydrogen-bond donors (Lipinski definition) is 0. The quantitative estimate of drug-likeness (QED) is 0.860. The minimum Gasteiger partial charge on any atom is -0.497 e. The van der Waals surface area contributed by atoms with E-state index in [1.165, 1.54) is 0 Å². The topological polar surface area (TPSA) is 31.4 Å². The first-order chi connectivity index (χ1) is 7.79. The molecule has 0 bridgehead atoms. The Labute approximate surface area is 102 Å². The maximum Gasteiger partial charge on any atom is 0.233 e. The van der Waals surface area contributed by atoms with Crippen LogP contribution in [0.5, 0.6) is 17.4 Å². The fourth-order valence-corrected chi connectivity index (χ4v) is 1.54. The van der Waals surface area contributed by atoms with Crippen molar-refractivity contribution in [3.8, 4) is 17.4 Å². The number of rotatable bonds is 3. The van der Waals surface area contributed by atoms with Gasteiger partial charge in [0.05, 0.1) is 11.6 Å². The molecule has 3 nitrogen and oxygen atoms in total. The molecule has 2 rings (SSSR count). The van der Waals surface area contributed by atoms with Gasteiger partial charge in [-0.3, -0.25) is 0 Å². The van der Waals surface area contributed by atoms with Crippen LogP contribution >= 0.6 is 15.9 Å². The SMILES string of the molecule is COc1ccc(Oc2ncccc2Br)cc1. The molecular formula is C12H10BrNO2. The van der Waals surface area contributed by atoms with E-state index < -0.39 is 0 Å². The summed E-state index contributed by atoms with van der Waals surface area (Å²) in [6.45, 7) is 0. The van der Waals surface area contributed by atoms with Crippen molar-refractivity contribution in [3.63, 3.8) is 0 Å². The fourth-order valence-electron chi connectivity index (χ4n) is 1.20. The Bertz CT molecular complexity index is 471. The van der Waals surface area contributed by atoms with Crippen LogP contribution in [0.1, 0.15) is 0 Å². The van der Waals surface area contributed by atoms with E-state index in [1.807, 2.05) is 36.4 Å². The number of benzene rings is 1. The Morgan fingerprint density at radius 1 is 1.06 bits per heavy atom. The van der Waals surface area contributed by atoms with Gasteiger partial charge >= 0.3 is 0 Å². The highest BCUT2D eigenvalue weighted by Crippen LogP contribution is 2.27. The number of halogens is 1. The lowest BCUT2D eigenvalue weighted by molar-refractivity contribution is 0.412. The van der Waals surface area contributed by atoms with E-state index in [-0.39, 0.29) is 0 Å². The second-order valence-corrected chi connectivity index (χ2v) is 3.92. The Morgan fingerprint density at radius 3 is 2.38 bits per heavy atom. The average Bonchev–Trinajstić information content (AvgIpc) is 2.33. The molecule has 2 aromatic rings. The molecule has 0 radical (unpaired) electrons. The lowest BCUT2D eigenvalue weighted by Crippen LogP contribution is -1.88. The van der Waals surface area contributed by atoms with Gasteiger partial charge in [0.1, 0.15) is 11.5 Å². The third-order valence-corrected chi connectivity index (χ3v) is 2.60. The van der Waals surface area contributed by atoms with Gasteiger partial charge in [0.15, 0.2) is 0 Å². The Balaban J connectivity index is 2.18. The standard InChI is InChI=1S/C12H10BrNO2/c1-15-9-4-6-10(7-5-9)16-12-11(13)3-2-8-14-12/h2-8H,1H3. The number of hydrogen-bond acceptors (Lipinski definition) is 3. The summed E-state index contributed by atoms with van der Waals surface area (Å²) in [5.41, 5.74) is 0. The molecule has 0 aliphatic carbocycles. The number of aromatic nitrogens is 1. The summed E-state index contributed by atoms with van der Waals surface area (Å²) in [5.74, 6) is 2.07. The molecular weight excluding hydrogens is 270 g/mol. The molecule has 0 saturated heterocycles. The highest BCUT2D eigenvalue weighted by atomic mass is 79.9. The third kappa shape index (κ3) is 2.52. The van der Waals surface area contributed by atoms with Gasteiger partial charge in [-0.25, -0.2) is 4.98 Å². The molecule has 0 unspecified atom stereocenters. The monoisotopic (exact) mass is 279 g/mol. The molecule has 0 atom stereocenters. The van der Waals surface area contributed by atoms with Gasteiger partial charge in [-0.2, -0.15) is 0 Å². The van der Waals surface area contributed by atoms with Crippen LogP contribution in [0.3, 0.4) is 0 Å². The number of nitrogens with zero attached hydrogens (tertiary/aromatic N) is 1. The Morgan fingerprint density at radius 2 is 1.75 bits per heavy atom. The van der Waals surface area contributed by atoms with Crippen molar-refractivity contribution < 1.29 is 9.47 Å². The van der Waals surface area contributed by atoms with Crippen LogP contribution in [0.2, 0.25) is 0 Å². The molecule has 1 aromatic heterocycles. The fraction of sp³-hybridized carbons (Fsp3) is 0.0833. The maximum absolute atomic E-state index is 5.60. The molecule has 0 amide bonds. The molecule has 4 heteroatoms. The summed E-state index contributed by atoms with van der Waals surface area (Å²) in [6.07, 6.45) is 1.68. The summed E-state index contributed by atoms with van der Waals surface area (Å²) in [4.78, 5) is 4.12. The van der Waals surface area contributed by atoms with Crippen LogP contribution in [-0.2, 0) is 0 Å². The zero-order chi connectivity index (χ0) is 11.4. The largest absolute Gasteiger partial charge is 0.497 e. The van der Waals surface area contributed by atoms with E-state index >= 15 is 0 Å². The first kappa shape index (κ1) is 11.0. The summed E-state index contributed by atoms with van der Waals surface area (Å²) in [6, 6.07) is 11.1. The van der Waals surface area contributed by atoms with E-state index in [1.54, 1.807) is 13.3 Å². The van der Waals surface area contributed by atoms with Crippen molar-refractivity contribution in [2.75, 3.05) is 7.11 Å². The van der Waals surface area contributed by atoms with Crippen molar-refractivity contribution >= 4 is 15.9 Å². The van der Waals surface area contributed by atoms with Gasteiger partial charge in [0.2, 0.25) is 5.88 Å². The zero-order valence-electron chi connectivity index (χ0n) is 8.68. The summed E-state index contributed by atoms with van der Waals surface area (Å²) >= 11 is 3.37. The van der Waals surface area contributed by atoms with Gasteiger partial charge in [0, 0.05) is 6.20 Å². The Kier molecular flexibility index (Phi) is 3.41. The molecule has 0 saturated carbocycles. The van der Waals surface area contributed by atoms with Crippen molar-refractivity contribution in [2.45, 2.75) is 0 Å². The van der Waals surface area contributed by atoms with E-state index in [4.69, 9.17) is 9.47 Å². The van der Waals surface area contributed by atoms with Gasteiger partial charge in [-0.15, -0.1) is 0 Å². The molecule has 0 aliphatic heterocycles. The van der Waals surface area contributed by atoms with Crippen molar-refractivity contribution in [1.82, 2.24) is 4.98 Å². The molecule has 16 heavy (non-hydrogen) atoms. The van der Waals surface area contributed by atoms with Crippen LogP contribution in [-0.4, -0.2) is 12.1 Å². The van der Waals surface area contributed by atoms with Gasteiger partial charge in [-0.1, -0.05) is 0 Å². The van der Waals surface area contributed by atoms with E-state index in [2.05, 4.69) is 20.9 Å². The summed E-state index contributed by atoms with van der Waals surface area (Å²) in [7, 11) is 1.63. The Hall–Kier alpha value is -1.55. The first-order valence-corrected chi connectivity index (χ1v) is 5.51. The lowest BCUT2D eigenvalue weighted by Gasteiger charge is -2.06. The summed E-state index contributed by atoms with van der Waals surface area (Å²) in [5, 5.41) is 0. The van der Waals surface area contributed by atoms with Crippen molar-refractivity contribution in [1.29, 1.82) is 0 Å². The first-order valence-electron chi connectivity index (χ1n) is 4.72. The predicted octanol–water partition coefficient (Wildman–Crippen LogP) is 3.65. The molecule has 0 spiro atoms. The van der Waals surface area contributed by atoms with E-state index in [0.29, 0.717) is 5.88 Å². The molecule has 1 aromatic carbocycles. The van der Waals surface area contributed by atoms with Crippen LogP contribution in [0.25, 0.3) is 0 Å². The second-order valence-electron chi connectivity index (χ2n) is 3.07. The smallest absolute Gasteiger partial charge is 0.233 e. The van der Waals surface area contributed by atoms with Crippen LogP contribution < -0.4 is 9.47 Å². The molecule has 0 aliphatic rings. The minimum atomic E-state index is 0.549. The zero-order valence-corrected chi connectivity index (χ0v) is 10.3. The minimum absolute atomic E-state index is 0.549. The molecule has 82 valence electrons. The number of pyridine rings is 1. The van der Waals surface area contributed by atoms with Gasteiger partial charge in [0.25, 0.3) is 0 Å². The average molecular weight is 280 g/mol. The normalized spacial score (nSPS) is 9.88. The molecule has 1 heterocycles. The van der Waals surface area contributed by atoms with Crippen molar-refractivity contribution in [3.05, 3.63) is 47.1 Å². The van der Waals surface area contributed by atoms with Crippen LogP contribution in [0.4, 0.5) is 0 Å². The highest BCUT2D eigenvalue weighted by Gasteiger charge is 2.02.